The third-order valence-corrected chi connectivity index (χ3v) is 2.90. The molecular weight excluding hydrogens is 237 g/mol. The van der Waals surface area contributed by atoms with Crippen molar-refractivity contribution in [2.75, 3.05) is 0 Å². The summed E-state index contributed by atoms with van der Waals surface area (Å²) in [5, 5.41) is 0.851. The van der Waals surface area contributed by atoms with Gasteiger partial charge in [-0.25, -0.2) is 13.9 Å². The average Bonchev–Trinajstić information content (AvgIpc) is 2.79. The van der Waals surface area contributed by atoms with Gasteiger partial charge in [-0.3, -0.25) is 0 Å². The molecule has 0 aromatic carbocycles. The van der Waals surface area contributed by atoms with E-state index in [-0.39, 0.29) is 12.3 Å². The summed E-state index contributed by atoms with van der Waals surface area (Å²) in [6.07, 6.45) is 9.00. The predicted octanol–water partition coefficient (Wildman–Crippen LogP) is 3.79. The van der Waals surface area contributed by atoms with Crippen molar-refractivity contribution in [3.63, 3.8) is 0 Å². The molecule has 5 heteroatoms. The maximum absolute atomic E-state index is 12.6. The summed E-state index contributed by atoms with van der Waals surface area (Å²) in [4.78, 5) is 8.36. The maximum atomic E-state index is 12.6. The van der Waals surface area contributed by atoms with Gasteiger partial charge in [-0.05, 0) is 25.5 Å². The van der Waals surface area contributed by atoms with Crippen molar-refractivity contribution in [3.05, 3.63) is 42.5 Å². The van der Waals surface area contributed by atoms with Gasteiger partial charge in [-0.1, -0.05) is 18.2 Å². The monoisotopic (exact) mass is 249 g/mol. The van der Waals surface area contributed by atoms with E-state index in [1.54, 1.807) is 6.20 Å². The van der Waals surface area contributed by atoms with Gasteiger partial charge in [0.1, 0.15) is 6.33 Å². The van der Waals surface area contributed by atoms with Crippen LogP contribution in [0.3, 0.4) is 0 Å². The first kappa shape index (κ1) is 11.9. The third-order valence-electron chi connectivity index (χ3n) is 2.45. The van der Waals surface area contributed by atoms with Crippen LogP contribution in [0, 0.1) is 0 Å². The molecule has 0 amide bonds. The fourth-order valence-corrected chi connectivity index (χ4v) is 2.02. The van der Waals surface area contributed by atoms with Gasteiger partial charge < -0.3 is 0 Å². The molecule has 0 unspecified atom stereocenters. The SMILES string of the molecule is C/C=C\C(=C/C)c1ncnc2c1ccn2SF. The van der Waals surface area contributed by atoms with Gasteiger partial charge in [0.05, 0.1) is 5.69 Å². The number of halogens is 1. The number of rotatable bonds is 3. The van der Waals surface area contributed by atoms with E-state index in [9.17, 15) is 3.89 Å². The lowest BCUT2D eigenvalue weighted by Crippen LogP contribution is -1.92. The smallest absolute Gasteiger partial charge is 0.171 e. The number of allylic oxidation sites excluding steroid dienone is 4. The molecule has 0 N–H and O–H groups in total. The fraction of sp³-hybridized carbons (Fsp3) is 0.167. The van der Waals surface area contributed by atoms with Gasteiger partial charge in [0.25, 0.3) is 0 Å². The molecule has 2 aromatic rings. The Labute approximate surface area is 104 Å². The van der Waals surface area contributed by atoms with Crippen LogP contribution >= 0.6 is 12.3 Å². The zero-order valence-electron chi connectivity index (χ0n) is 9.59. The molecule has 0 saturated carbocycles. The zero-order chi connectivity index (χ0) is 12.3. The maximum Gasteiger partial charge on any atom is 0.171 e. The molecule has 0 saturated heterocycles. The van der Waals surface area contributed by atoms with E-state index in [1.807, 2.05) is 38.1 Å². The van der Waals surface area contributed by atoms with Gasteiger partial charge in [0.2, 0.25) is 0 Å². The van der Waals surface area contributed by atoms with Gasteiger partial charge in [0.15, 0.2) is 18.0 Å². The first-order valence-corrected chi connectivity index (χ1v) is 5.89. The van der Waals surface area contributed by atoms with Crippen LogP contribution in [0.4, 0.5) is 3.89 Å². The first-order valence-electron chi connectivity index (χ1n) is 5.22. The van der Waals surface area contributed by atoms with E-state index in [4.69, 9.17) is 0 Å². The molecule has 0 aliphatic heterocycles. The molecule has 0 atom stereocenters. The van der Waals surface area contributed by atoms with E-state index in [0.717, 1.165) is 16.7 Å². The molecule has 0 aliphatic carbocycles. The predicted molar refractivity (Wildman–Crippen MR) is 70.1 cm³/mol. The minimum Gasteiger partial charge on any atom is -0.247 e. The number of nitrogens with zero attached hydrogens (tertiary/aromatic N) is 3. The van der Waals surface area contributed by atoms with Crippen molar-refractivity contribution in [1.29, 1.82) is 0 Å². The van der Waals surface area contributed by atoms with Gasteiger partial charge >= 0.3 is 0 Å². The van der Waals surface area contributed by atoms with Crippen molar-refractivity contribution in [3.8, 4) is 0 Å². The molecule has 2 rings (SSSR count). The van der Waals surface area contributed by atoms with E-state index in [1.165, 1.54) is 10.3 Å². The summed E-state index contributed by atoms with van der Waals surface area (Å²) >= 11 is 0.135. The van der Waals surface area contributed by atoms with E-state index in [0.29, 0.717) is 5.65 Å². The highest BCUT2D eigenvalue weighted by atomic mass is 32.2. The Hall–Kier alpha value is -1.62. The Bertz CT molecular complexity index is 586. The fourth-order valence-electron chi connectivity index (χ4n) is 1.71. The highest BCUT2D eigenvalue weighted by Crippen LogP contribution is 2.26. The normalized spacial score (nSPS) is 12.8. The zero-order valence-corrected chi connectivity index (χ0v) is 10.4. The van der Waals surface area contributed by atoms with Crippen molar-refractivity contribution >= 4 is 28.9 Å². The standard InChI is InChI=1S/C12H12FN3S/c1-3-5-9(4-2)11-10-6-7-16(17-13)12(10)15-8-14-11/h3-8H,1-2H3/b5-3-,9-4+. The average molecular weight is 249 g/mol. The number of aromatic nitrogens is 3. The van der Waals surface area contributed by atoms with Gasteiger partial charge in [0, 0.05) is 11.6 Å². The molecule has 0 spiro atoms. The van der Waals surface area contributed by atoms with Gasteiger partial charge in [-0.15, -0.1) is 3.89 Å². The second-order valence-electron chi connectivity index (χ2n) is 3.41. The van der Waals surface area contributed by atoms with E-state index < -0.39 is 0 Å². The van der Waals surface area contributed by atoms with E-state index in [2.05, 4.69) is 9.97 Å². The summed E-state index contributed by atoms with van der Waals surface area (Å²) in [5.74, 6) is 0. The quantitative estimate of drug-likeness (QED) is 0.775. The molecule has 2 heterocycles. The topological polar surface area (TPSA) is 30.7 Å². The summed E-state index contributed by atoms with van der Waals surface area (Å²) in [7, 11) is 0. The highest BCUT2D eigenvalue weighted by Gasteiger charge is 2.10. The minimum atomic E-state index is 0.135. The summed E-state index contributed by atoms with van der Waals surface area (Å²) in [6.45, 7) is 3.90. The first-order chi connectivity index (χ1) is 8.31. The number of hydrogen-bond donors (Lipinski definition) is 0. The molecule has 0 fully saturated rings. The van der Waals surface area contributed by atoms with Crippen LogP contribution in [0.2, 0.25) is 0 Å². The van der Waals surface area contributed by atoms with Crippen LogP contribution in [0.25, 0.3) is 16.6 Å². The minimum absolute atomic E-state index is 0.135. The Morgan fingerprint density at radius 2 is 2.24 bits per heavy atom. The number of hydrogen-bond acceptors (Lipinski definition) is 3. The molecule has 0 bridgehead atoms. The molecule has 0 radical (unpaired) electrons. The van der Waals surface area contributed by atoms with Crippen molar-refractivity contribution in [2.45, 2.75) is 13.8 Å². The summed E-state index contributed by atoms with van der Waals surface area (Å²) in [5.41, 5.74) is 2.41. The third kappa shape index (κ3) is 2.10. The molecule has 3 nitrogen and oxygen atoms in total. The molecule has 2 aromatic heterocycles. The van der Waals surface area contributed by atoms with Crippen LogP contribution in [0.1, 0.15) is 19.5 Å². The van der Waals surface area contributed by atoms with E-state index >= 15 is 0 Å². The number of fused-ring (bicyclic) bond motifs is 1. The van der Waals surface area contributed by atoms with Crippen molar-refractivity contribution < 1.29 is 3.89 Å². The van der Waals surface area contributed by atoms with Crippen LogP contribution < -0.4 is 0 Å². The van der Waals surface area contributed by atoms with Crippen LogP contribution in [0.15, 0.2) is 36.8 Å². The highest BCUT2D eigenvalue weighted by molar-refractivity contribution is 7.92. The largest absolute Gasteiger partial charge is 0.247 e. The Morgan fingerprint density at radius 1 is 1.41 bits per heavy atom. The second-order valence-corrected chi connectivity index (χ2v) is 3.95. The lowest BCUT2D eigenvalue weighted by Gasteiger charge is -2.03. The summed E-state index contributed by atoms with van der Waals surface area (Å²) in [6, 6.07) is 1.82. The Morgan fingerprint density at radius 3 is 2.88 bits per heavy atom. The second kappa shape index (κ2) is 5.14. The van der Waals surface area contributed by atoms with Crippen molar-refractivity contribution in [2.24, 2.45) is 0 Å². The van der Waals surface area contributed by atoms with Crippen LogP contribution in [-0.4, -0.2) is 13.9 Å². The lowest BCUT2D eigenvalue weighted by molar-refractivity contribution is 0.919. The Balaban J connectivity index is 2.66. The molecule has 88 valence electrons. The Kier molecular flexibility index (Phi) is 3.58. The van der Waals surface area contributed by atoms with Crippen molar-refractivity contribution in [1.82, 2.24) is 13.9 Å². The molecule has 0 aliphatic rings. The van der Waals surface area contributed by atoms with Crippen LogP contribution in [0.5, 0.6) is 0 Å². The molecule has 17 heavy (non-hydrogen) atoms. The van der Waals surface area contributed by atoms with Crippen LogP contribution in [-0.2, 0) is 0 Å². The molecular formula is C12H12FN3S. The van der Waals surface area contributed by atoms with Gasteiger partial charge in [-0.2, -0.15) is 0 Å². The lowest BCUT2D eigenvalue weighted by atomic mass is 10.1. The summed E-state index contributed by atoms with van der Waals surface area (Å²) < 4.78 is 14.0.